The fourth-order valence-corrected chi connectivity index (χ4v) is 3.44. The van der Waals surface area contributed by atoms with Crippen molar-refractivity contribution >= 4 is 5.97 Å². The molecule has 9 heteroatoms. The van der Waals surface area contributed by atoms with Crippen molar-refractivity contribution in [1.82, 2.24) is 9.47 Å². The second kappa shape index (κ2) is 7.90. The van der Waals surface area contributed by atoms with Crippen LogP contribution in [-0.2, 0) is 30.4 Å². The van der Waals surface area contributed by atoms with Gasteiger partial charge in [-0.25, -0.2) is 4.79 Å². The normalized spacial score (nSPS) is 14.5. The van der Waals surface area contributed by atoms with E-state index in [1.54, 1.807) is 6.92 Å². The van der Waals surface area contributed by atoms with E-state index < -0.39 is 34.6 Å². The Labute approximate surface area is 165 Å². The van der Waals surface area contributed by atoms with Gasteiger partial charge in [-0.05, 0) is 31.7 Å². The largest absolute Gasteiger partial charge is 0.506 e. The molecule has 0 bridgehead atoms. The third kappa shape index (κ3) is 4.14. The third-order valence-corrected chi connectivity index (χ3v) is 4.92. The zero-order chi connectivity index (χ0) is 21.3. The molecule has 1 aromatic heterocycles. The van der Waals surface area contributed by atoms with Crippen LogP contribution >= 0.6 is 0 Å². The standard InChI is InChI=1S/C20H21F3N2O4/c1-3-29-19(28)16-17(26)14-11-24(2)9-8-15(14)25(18(16)27)10-12-4-6-13(7-5-12)20(21,22)23/h4-7,26H,3,8-11H2,1-2H3. The number of halogens is 3. The van der Waals surface area contributed by atoms with Crippen LogP contribution < -0.4 is 5.56 Å². The molecule has 2 aromatic rings. The van der Waals surface area contributed by atoms with E-state index in [1.165, 1.54) is 16.7 Å². The smallest absolute Gasteiger partial charge is 0.416 e. The van der Waals surface area contributed by atoms with Crippen LogP contribution in [0.15, 0.2) is 29.1 Å². The van der Waals surface area contributed by atoms with Gasteiger partial charge in [-0.3, -0.25) is 4.79 Å². The SMILES string of the molecule is CCOC(=O)c1c(O)c2c(n(Cc3ccc(C(F)(F)F)cc3)c1=O)CCN(C)C2. The maximum Gasteiger partial charge on any atom is 0.416 e. The Morgan fingerprint density at radius 1 is 1.24 bits per heavy atom. The number of aromatic hydroxyl groups is 1. The molecule has 0 unspecified atom stereocenters. The van der Waals surface area contributed by atoms with Crippen LogP contribution in [0.5, 0.6) is 5.75 Å². The molecule has 0 fully saturated rings. The highest BCUT2D eigenvalue weighted by Gasteiger charge is 2.31. The summed E-state index contributed by atoms with van der Waals surface area (Å²) in [5.74, 6) is -1.31. The summed E-state index contributed by atoms with van der Waals surface area (Å²) in [4.78, 5) is 27.2. The number of benzene rings is 1. The Morgan fingerprint density at radius 3 is 2.48 bits per heavy atom. The molecule has 0 saturated heterocycles. The number of fused-ring (bicyclic) bond motifs is 1. The summed E-state index contributed by atoms with van der Waals surface area (Å²) in [5, 5.41) is 10.6. The Morgan fingerprint density at radius 2 is 1.90 bits per heavy atom. The molecule has 0 atom stereocenters. The van der Waals surface area contributed by atoms with Crippen molar-refractivity contribution < 1.29 is 27.8 Å². The molecule has 1 N–H and O–H groups in total. The summed E-state index contributed by atoms with van der Waals surface area (Å²) in [6.45, 7) is 2.57. The highest BCUT2D eigenvalue weighted by atomic mass is 19.4. The van der Waals surface area contributed by atoms with E-state index >= 15 is 0 Å². The topological polar surface area (TPSA) is 71.8 Å². The summed E-state index contributed by atoms with van der Waals surface area (Å²) >= 11 is 0. The predicted molar refractivity (Wildman–Crippen MR) is 98.9 cm³/mol. The van der Waals surface area contributed by atoms with Crippen molar-refractivity contribution in [3.05, 3.63) is 62.6 Å². The third-order valence-electron chi connectivity index (χ3n) is 4.92. The lowest BCUT2D eigenvalue weighted by Crippen LogP contribution is -2.37. The monoisotopic (exact) mass is 410 g/mol. The van der Waals surface area contributed by atoms with E-state index in [0.29, 0.717) is 36.3 Å². The maximum absolute atomic E-state index is 13.0. The lowest BCUT2D eigenvalue weighted by molar-refractivity contribution is -0.137. The van der Waals surface area contributed by atoms with Crippen molar-refractivity contribution in [1.29, 1.82) is 0 Å². The molecule has 0 spiro atoms. The van der Waals surface area contributed by atoms with Crippen LogP contribution in [0.4, 0.5) is 13.2 Å². The molecule has 0 aliphatic carbocycles. The van der Waals surface area contributed by atoms with Crippen molar-refractivity contribution in [3.8, 4) is 5.75 Å². The van der Waals surface area contributed by atoms with Crippen molar-refractivity contribution in [2.75, 3.05) is 20.2 Å². The number of rotatable bonds is 4. The Balaban J connectivity index is 2.10. The number of carbonyl (C=O) groups is 1. The van der Waals surface area contributed by atoms with Gasteiger partial charge in [0.1, 0.15) is 5.75 Å². The number of aromatic nitrogens is 1. The van der Waals surface area contributed by atoms with Gasteiger partial charge < -0.3 is 19.3 Å². The first kappa shape index (κ1) is 20.9. The fraction of sp³-hybridized carbons (Fsp3) is 0.400. The highest BCUT2D eigenvalue weighted by molar-refractivity contribution is 5.92. The molecule has 0 amide bonds. The molecule has 1 aromatic carbocycles. The molecule has 3 rings (SSSR count). The number of hydrogen-bond donors (Lipinski definition) is 1. The van der Waals surface area contributed by atoms with E-state index in [1.807, 2.05) is 11.9 Å². The molecule has 2 heterocycles. The van der Waals surface area contributed by atoms with E-state index in [9.17, 15) is 27.9 Å². The highest BCUT2D eigenvalue weighted by Crippen LogP contribution is 2.31. The number of pyridine rings is 1. The average molecular weight is 410 g/mol. The zero-order valence-electron chi connectivity index (χ0n) is 16.0. The van der Waals surface area contributed by atoms with E-state index in [2.05, 4.69) is 0 Å². The number of nitrogens with zero attached hydrogens (tertiary/aromatic N) is 2. The molecular formula is C20H21F3N2O4. The van der Waals surface area contributed by atoms with Gasteiger partial charge in [0.2, 0.25) is 0 Å². The van der Waals surface area contributed by atoms with Crippen molar-refractivity contribution in [2.24, 2.45) is 0 Å². The van der Waals surface area contributed by atoms with Gasteiger partial charge in [0, 0.05) is 30.8 Å². The first-order valence-electron chi connectivity index (χ1n) is 9.12. The summed E-state index contributed by atoms with van der Waals surface area (Å²) in [6, 6.07) is 4.50. The summed E-state index contributed by atoms with van der Waals surface area (Å²) in [5.41, 5.74) is -0.458. The van der Waals surface area contributed by atoms with Crippen molar-refractivity contribution in [2.45, 2.75) is 32.6 Å². The molecule has 1 aliphatic rings. The number of alkyl halides is 3. The number of carbonyl (C=O) groups excluding carboxylic acids is 1. The van der Waals surface area contributed by atoms with Crippen LogP contribution in [0, 0.1) is 0 Å². The minimum Gasteiger partial charge on any atom is -0.506 e. The minimum atomic E-state index is -4.45. The summed E-state index contributed by atoms with van der Waals surface area (Å²) in [6.07, 6.45) is -3.99. The quantitative estimate of drug-likeness (QED) is 0.785. The molecule has 1 aliphatic heterocycles. The number of likely N-dealkylation sites (N-methyl/N-ethyl adjacent to an activating group) is 1. The average Bonchev–Trinajstić information content (AvgIpc) is 2.65. The molecule has 0 saturated carbocycles. The van der Waals surface area contributed by atoms with Gasteiger partial charge in [-0.2, -0.15) is 13.2 Å². The first-order chi connectivity index (χ1) is 13.6. The second-order valence-electron chi connectivity index (χ2n) is 6.94. The van der Waals surface area contributed by atoms with E-state index in [4.69, 9.17) is 4.74 Å². The van der Waals surface area contributed by atoms with Gasteiger partial charge >= 0.3 is 12.1 Å². The molecule has 0 radical (unpaired) electrons. The predicted octanol–water partition coefficient (Wildman–Crippen LogP) is 2.79. The van der Waals surface area contributed by atoms with Crippen LogP contribution in [0.2, 0.25) is 0 Å². The van der Waals surface area contributed by atoms with Crippen LogP contribution in [0.3, 0.4) is 0 Å². The van der Waals surface area contributed by atoms with Gasteiger partial charge in [-0.1, -0.05) is 12.1 Å². The molecule has 6 nitrogen and oxygen atoms in total. The lowest BCUT2D eigenvalue weighted by Gasteiger charge is -2.29. The molecule has 156 valence electrons. The second-order valence-corrected chi connectivity index (χ2v) is 6.94. The Hall–Kier alpha value is -2.81. The maximum atomic E-state index is 13.0. The lowest BCUT2D eigenvalue weighted by atomic mass is 10.0. The van der Waals surface area contributed by atoms with Gasteiger partial charge in [0.25, 0.3) is 5.56 Å². The minimum absolute atomic E-state index is 0.0182. The van der Waals surface area contributed by atoms with E-state index in [-0.39, 0.29) is 13.2 Å². The fourth-order valence-electron chi connectivity index (χ4n) is 3.44. The van der Waals surface area contributed by atoms with Gasteiger partial charge in [0.15, 0.2) is 5.56 Å². The number of esters is 1. The Kier molecular flexibility index (Phi) is 5.70. The summed E-state index contributed by atoms with van der Waals surface area (Å²) in [7, 11) is 1.84. The number of ether oxygens (including phenoxy) is 1. The van der Waals surface area contributed by atoms with Gasteiger partial charge in [0.05, 0.1) is 18.7 Å². The van der Waals surface area contributed by atoms with Crippen LogP contribution in [0.1, 0.15) is 39.7 Å². The first-order valence-corrected chi connectivity index (χ1v) is 9.12. The van der Waals surface area contributed by atoms with Crippen molar-refractivity contribution in [3.63, 3.8) is 0 Å². The Bertz CT molecular complexity index is 981. The molecule has 29 heavy (non-hydrogen) atoms. The summed E-state index contributed by atoms with van der Waals surface area (Å²) < 4.78 is 44.6. The zero-order valence-corrected chi connectivity index (χ0v) is 16.0. The molecular weight excluding hydrogens is 389 g/mol. The van der Waals surface area contributed by atoms with Crippen LogP contribution in [-0.4, -0.2) is 40.7 Å². The van der Waals surface area contributed by atoms with Crippen LogP contribution in [0.25, 0.3) is 0 Å². The number of hydrogen-bond acceptors (Lipinski definition) is 5. The van der Waals surface area contributed by atoms with Gasteiger partial charge in [-0.15, -0.1) is 0 Å². The van der Waals surface area contributed by atoms with E-state index in [0.717, 1.165) is 12.1 Å².